The highest BCUT2D eigenvalue weighted by molar-refractivity contribution is 9.10. The molecule has 3 nitrogen and oxygen atoms in total. The lowest BCUT2D eigenvalue weighted by Crippen LogP contribution is -2.38. The number of amides is 1. The van der Waals surface area contributed by atoms with E-state index in [1.54, 1.807) is 4.90 Å². The largest absolute Gasteiger partial charge is 0.489 e. The van der Waals surface area contributed by atoms with Gasteiger partial charge in [-0.3, -0.25) is 4.79 Å². The summed E-state index contributed by atoms with van der Waals surface area (Å²) in [5.74, 6) is 0.857. The number of carbonyl (C=O) groups is 1. The Bertz CT molecular complexity index is 628. The van der Waals surface area contributed by atoms with E-state index in [4.69, 9.17) is 4.74 Å². The normalized spacial score (nSPS) is 13.6. The molecule has 4 heteroatoms. The van der Waals surface area contributed by atoms with Gasteiger partial charge in [0.1, 0.15) is 12.4 Å². The zero-order valence-electron chi connectivity index (χ0n) is 10.9. The van der Waals surface area contributed by atoms with Gasteiger partial charge in [0.25, 0.3) is 0 Å². The number of benzene rings is 2. The molecule has 0 radical (unpaired) electrons. The molecule has 1 amide bonds. The number of fused-ring (bicyclic) bond motifs is 1. The van der Waals surface area contributed by atoms with E-state index >= 15 is 0 Å². The van der Waals surface area contributed by atoms with Gasteiger partial charge in [0.05, 0.1) is 18.7 Å². The molecule has 0 saturated carbocycles. The van der Waals surface area contributed by atoms with Gasteiger partial charge in [-0.1, -0.05) is 46.3 Å². The summed E-state index contributed by atoms with van der Waals surface area (Å²) in [6, 6.07) is 15.5. The molecule has 0 atom stereocenters. The number of anilines is 1. The Morgan fingerprint density at radius 3 is 2.80 bits per heavy atom. The van der Waals surface area contributed by atoms with E-state index < -0.39 is 0 Å². The number of ether oxygens (including phenoxy) is 1. The Hall–Kier alpha value is -1.81. The van der Waals surface area contributed by atoms with Crippen LogP contribution < -0.4 is 9.64 Å². The van der Waals surface area contributed by atoms with Crippen molar-refractivity contribution >= 4 is 27.5 Å². The standard InChI is InChI=1S/C16H14BrNO2/c17-13-6-7-14-15(11-13)20-9-8-18(14)16(19)10-12-4-2-1-3-5-12/h1-7,11H,8-10H2. The maximum Gasteiger partial charge on any atom is 0.231 e. The predicted molar refractivity (Wildman–Crippen MR) is 82.1 cm³/mol. The van der Waals surface area contributed by atoms with Crippen molar-refractivity contribution in [1.29, 1.82) is 0 Å². The molecule has 0 fully saturated rings. The molecule has 0 saturated heterocycles. The van der Waals surface area contributed by atoms with Crippen LogP contribution in [-0.4, -0.2) is 19.1 Å². The Labute approximate surface area is 126 Å². The number of nitrogens with zero attached hydrogens (tertiary/aromatic N) is 1. The Morgan fingerprint density at radius 2 is 2.00 bits per heavy atom. The van der Waals surface area contributed by atoms with Gasteiger partial charge < -0.3 is 9.64 Å². The van der Waals surface area contributed by atoms with Gasteiger partial charge in [-0.2, -0.15) is 0 Å². The van der Waals surface area contributed by atoms with Gasteiger partial charge in [0.2, 0.25) is 5.91 Å². The van der Waals surface area contributed by atoms with E-state index in [1.807, 2.05) is 48.5 Å². The van der Waals surface area contributed by atoms with Crippen LogP contribution in [-0.2, 0) is 11.2 Å². The molecule has 0 bridgehead atoms. The molecule has 102 valence electrons. The van der Waals surface area contributed by atoms with Crippen LogP contribution in [0.1, 0.15) is 5.56 Å². The van der Waals surface area contributed by atoms with E-state index in [9.17, 15) is 4.79 Å². The van der Waals surface area contributed by atoms with Gasteiger partial charge in [0, 0.05) is 4.47 Å². The fourth-order valence-electron chi connectivity index (χ4n) is 2.32. The van der Waals surface area contributed by atoms with Crippen molar-refractivity contribution in [2.24, 2.45) is 0 Å². The first kappa shape index (κ1) is 13.2. The van der Waals surface area contributed by atoms with Gasteiger partial charge in [0.15, 0.2) is 0 Å². The highest BCUT2D eigenvalue weighted by Crippen LogP contribution is 2.34. The van der Waals surface area contributed by atoms with Crippen molar-refractivity contribution in [2.75, 3.05) is 18.1 Å². The van der Waals surface area contributed by atoms with E-state index in [-0.39, 0.29) is 5.91 Å². The lowest BCUT2D eigenvalue weighted by Gasteiger charge is -2.29. The fraction of sp³-hybridized carbons (Fsp3) is 0.188. The van der Waals surface area contributed by atoms with Crippen molar-refractivity contribution in [1.82, 2.24) is 0 Å². The fourth-order valence-corrected chi connectivity index (χ4v) is 2.66. The summed E-state index contributed by atoms with van der Waals surface area (Å²) in [6.07, 6.45) is 0.413. The molecule has 0 N–H and O–H groups in total. The second kappa shape index (κ2) is 5.67. The van der Waals surface area contributed by atoms with Gasteiger partial charge in [-0.15, -0.1) is 0 Å². The number of carbonyl (C=O) groups excluding carboxylic acids is 1. The van der Waals surface area contributed by atoms with Crippen molar-refractivity contribution < 1.29 is 9.53 Å². The Morgan fingerprint density at radius 1 is 1.20 bits per heavy atom. The second-order valence-electron chi connectivity index (χ2n) is 4.67. The zero-order chi connectivity index (χ0) is 13.9. The molecular formula is C16H14BrNO2. The Kier molecular flexibility index (Phi) is 3.74. The monoisotopic (exact) mass is 331 g/mol. The lowest BCUT2D eigenvalue weighted by atomic mass is 10.1. The molecule has 1 heterocycles. The average molecular weight is 332 g/mol. The van der Waals surface area contributed by atoms with Crippen molar-refractivity contribution in [2.45, 2.75) is 6.42 Å². The van der Waals surface area contributed by atoms with Crippen molar-refractivity contribution in [3.8, 4) is 5.75 Å². The molecule has 0 aromatic heterocycles. The smallest absolute Gasteiger partial charge is 0.231 e. The first-order valence-electron chi connectivity index (χ1n) is 6.51. The molecule has 1 aliphatic heterocycles. The maximum absolute atomic E-state index is 12.5. The number of hydrogen-bond donors (Lipinski definition) is 0. The molecular weight excluding hydrogens is 318 g/mol. The molecule has 20 heavy (non-hydrogen) atoms. The summed E-state index contributed by atoms with van der Waals surface area (Å²) in [5.41, 5.74) is 1.88. The average Bonchev–Trinajstić information content (AvgIpc) is 2.47. The first-order chi connectivity index (χ1) is 9.74. The van der Waals surface area contributed by atoms with Crippen LogP contribution in [0.4, 0.5) is 5.69 Å². The van der Waals surface area contributed by atoms with Crippen LogP contribution in [0.25, 0.3) is 0 Å². The molecule has 1 aliphatic rings. The highest BCUT2D eigenvalue weighted by atomic mass is 79.9. The van der Waals surface area contributed by atoms with Crippen LogP contribution in [0, 0.1) is 0 Å². The minimum atomic E-state index is 0.100. The minimum Gasteiger partial charge on any atom is -0.489 e. The maximum atomic E-state index is 12.5. The van der Waals surface area contributed by atoms with Gasteiger partial charge in [-0.05, 0) is 23.8 Å². The molecule has 0 aliphatic carbocycles. The van der Waals surface area contributed by atoms with Crippen molar-refractivity contribution in [3.63, 3.8) is 0 Å². The van der Waals surface area contributed by atoms with E-state index in [1.165, 1.54) is 0 Å². The van der Waals surface area contributed by atoms with Gasteiger partial charge >= 0.3 is 0 Å². The van der Waals surface area contributed by atoms with E-state index in [2.05, 4.69) is 15.9 Å². The molecule has 2 aromatic rings. The number of halogens is 1. The first-order valence-corrected chi connectivity index (χ1v) is 7.30. The molecule has 0 unspecified atom stereocenters. The third-order valence-corrected chi connectivity index (χ3v) is 3.78. The van der Waals surface area contributed by atoms with Crippen LogP contribution >= 0.6 is 15.9 Å². The summed E-state index contributed by atoms with van der Waals surface area (Å²) in [4.78, 5) is 14.3. The third-order valence-electron chi connectivity index (χ3n) is 3.28. The SMILES string of the molecule is O=C(Cc1ccccc1)N1CCOc2cc(Br)ccc21. The molecule has 2 aromatic carbocycles. The third kappa shape index (κ3) is 2.70. The predicted octanol–water partition coefficient (Wildman–Crippen LogP) is 3.42. The Balaban J connectivity index is 1.83. The van der Waals surface area contributed by atoms with Crippen molar-refractivity contribution in [3.05, 3.63) is 58.6 Å². The number of rotatable bonds is 2. The summed E-state index contributed by atoms with van der Waals surface area (Å²) >= 11 is 3.42. The second-order valence-corrected chi connectivity index (χ2v) is 5.58. The topological polar surface area (TPSA) is 29.5 Å². The molecule has 3 rings (SSSR count). The number of hydrogen-bond acceptors (Lipinski definition) is 2. The van der Waals surface area contributed by atoms with Crippen LogP contribution in [0.3, 0.4) is 0 Å². The van der Waals surface area contributed by atoms with Crippen LogP contribution in [0.15, 0.2) is 53.0 Å². The summed E-state index contributed by atoms with van der Waals surface area (Å²) < 4.78 is 6.56. The minimum absolute atomic E-state index is 0.100. The summed E-state index contributed by atoms with van der Waals surface area (Å²) in [6.45, 7) is 1.13. The van der Waals surface area contributed by atoms with Gasteiger partial charge in [-0.25, -0.2) is 0 Å². The van der Waals surface area contributed by atoms with Crippen LogP contribution in [0.2, 0.25) is 0 Å². The zero-order valence-corrected chi connectivity index (χ0v) is 12.5. The van der Waals surface area contributed by atoms with Crippen LogP contribution in [0.5, 0.6) is 5.75 Å². The summed E-state index contributed by atoms with van der Waals surface area (Å²) in [5, 5.41) is 0. The van der Waals surface area contributed by atoms with E-state index in [0.717, 1.165) is 21.5 Å². The highest BCUT2D eigenvalue weighted by Gasteiger charge is 2.23. The summed E-state index contributed by atoms with van der Waals surface area (Å²) in [7, 11) is 0. The molecule has 0 spiro atoms. The lowest BCUT2D eigenvalue weighted by molar-refractivity contribution is -0.118. The quantitative estimate of drug-likeness (QED) is 0.843. The van der Waals surface area contributed by atoms with E-state index in [0.29, 0.717) is 19.6 Å².